The van der Waals surface area contributed by atoms with Crippen molar-refractivity contribution in [1.82, 2.24) is 0 Å². The fourth-order valence-electron chi connectivity index (χ4n) is 5.04. The molecule has 0 aromatic rings. The summed E-state index contributed by atoms with van der Waals surface area (Å²) in [5.74, 6) is 0. The van der Waals surface area contributed by atoms with Crippen LogP contribution in [0, 0.1) is 11.3 Å². The normalized spacial score (nSPS) is 32.6. The third-order valence-corrected chi connectivity index (χ3v) is 14.2. The van der Waals surface area contributed by atoms with Crippen LogP contribution in [0.25, 0.3) is 0 Å². The summed E-state index contributed by atoms with van der Waals surface area (Å²) in [5.41, 5.74) is 0. The van der Waals surface area contributed by atoms with Crippen LogP contribution >= 0.6 is 0 Å². The molecular weight excluding hydrogens is 375 g/mol. The largest absolute Gasteiger partial charge is 0.388 e. The van der Waals surface area contributed by atoms with Crippen molar-refractivity contribution in [3.63, 3.8) is 0 Å². The van der Waals surface area contributed by atoms with Crippen LogP contribution in [-0.4, -0.2) is 47.4 Å². The van der Waals surface area contributed by atoms with E-state index < -0.39 is 35.4 Å². The zero-order valence-corrected chi connectivity index (χ0v) is 18.3. The summed E-state index contributed by atoms with van der Waals surface area (Å²) in [4.78, 5) is 0. The van der Waals surface area contributed by atoms with Crippen molar-refractivity contribution in [1.29, 1.82) is 5.26 Å². The van der Waals surface area contributed by atoms with E-state index in [9.17, 15) is 13.2 Å². The van der Waals surface area contributed by atoms with Crippen molar-refractivity contribution in [3.8, 4) is 6.07 Å². The van der Waals surface area contributed by atoms with Gasteiger partial charge in [0, 0.05) is 26.1 Å². The highest BCUT2D eigenvalue weighted by Crippen LogP contribution is 2.48. The Kier molecular flexibility index (Phi) is 7.77. The van der Waals surface area contributed by atoms with Gasteiger partial charge in [-0.2, -0.15) is 18.4 Å². The van der Waals surface area contributed by atoms with Crippen molar-refractivity contribution in [2.24, 2.45) is 0 Å². The summed E-state index contributed by atoms with van der Waals surface area (Å²) >= 11 is 0. The number of alkyl halides is 3. The first-order chi connectivity index (χ1) is 12.3. The smallest absolute Gasteiger partial charge is 0.376 e. The van der Waals surface area contributed by atoms with Gasteiger partial charge in [0.1, 0.15) is 0 Å². The second-order valence-corrected chi connectivity index (χ2v) is 14.7. The molecule has 2 aliphatic rings. The Morgan fingerprint density at radius 2 is 1.42 bits per heavy atom. The minimum atomic E-state index is -4.11. The van der Waals surface area contributed by atoms with Crippen LogP contribution < -0.4 is 0 Å². The quantitative estimate of drug-likeness (QED) is 0.583. The molecule has 2 heterocycles. The molecule has 0 aliphatic carbocycles. The molecule has 2 saturated heterocycles. The average Bonchev–Trinajstić information content (AvgIpc) is 2.64. The van der Waals surface area contributed by atoms with E-state index in [2.05, 4.69) is 19.2 Å². The Morgan fingerprint density at radius 3 is 1.81 bits per heavy atom. The fraction of sp³-hybridized carbons (Fsp3) is 0.944. The lowest BCUT2D eigenvalue weighted by Gasteiger charge is -2.58. The number of nitriles is 1. The van der Waals surface area contributed by atoms with Gasteiger partial charge in [-0.05, 0) is 50.6 Å². The van der Waals surface area contributed by atoms with E-state index in [1.54, 1.807) is 0 Å². The summed E-state index contributed by atoms with van der Waals surface area (Å²) < 4.78 is 51.6. The summed E-state index contributed by atoms with van der Waals surface area (Å²) in [7, 11) is -3.38. The maximum Gasteiger partial charge on any atom is 0.388 e. The molecule has 0 aromatic heterocycles. The lowest BCUT2D eigenvalue weighted by atomic mass is 9.96. The Hall–Kier alpha value is -0.366. The second kappa shape index (κ2) is 9.22. The minimum Gasteiger partial charge on any atom is -0.376 e. The van der Waals surface area contributed by atoms with Crippen LogP contribution in [0.1, 0.15) is 51.4 Å². The van der Waals surface area contributed by atoms with E-state index in [1.807, 2.05) is 0 Å². The Labute approximate surface area is 158 Å². The van der Waals surface area contributed by atoms with Crippen molar-refractivity contribution >= 4 is 17.6 Å². The molecule has 4 atom stereocenters. The van der Waals surface area contributed by atoms with Crippen molar-refractivity contribution in [2.75, 3.05) is 13.2 Å². The van der Waals surface area contributed by atoms with Gasteiger partial charge in [-0.3, -0.25) is 0 Å². The summed E-state index contributed by atoms with van der Waals surface area (Å²) in [6.07, 6.45) is 1.47. The summed E-state index contributed by atoms with van der Waals surface area (Å²) in [5, 5.41) is 8.16. The number of halogens is 3. The number of hydrogen-bond acceptors (Lipinski definition) is 3. The lowest BCUT2D eigenvalue weighted by Crippen LogP contribution is -2.72. The maximum absolute atomic E-state index is 12.9. The first-order valence-corrected chi connectivity index (χ1v) is 15.1. The molecule has 0 aromatic carbocycles. The second-order valence-electron chi connectivity index (χ2n) is 8.04. The molecule has 0 amide bonds. The highest BCUT2D eigenvalue weighted by atomic mass is 28.3. The Bertz CT molecular complexity index is 484. The standard InChI is InChI=1S/C18H32F3NO2Si2/c1-25(14-7-11-22)16(8-3-5-12-23-16)17(9-4-6-13-24-17)26(2)15-10-18(19,20)21/h25-26H,3-10,12-15H2,1-2H3. The van der Waals surface area contributed by atoms with E-state index in [0.717, 1.165) is 44.6 Å². The molecular formula is C18H32F3NO2Si2. The fourth-order valence-corrected chi connectivity index (χ4v) is 13.3. The van der Waals surface area contributed by atoms with Gasteiger partial charge in [0.2, 0.25) is 0 Å². The molecule has 26 heavy (non-hydrogen) atoms. The first kappa shape index (κ1) is 21.9. The van der Waals surface area contributed by atoms with Gasteiger partial charge in [-0.25, -0.2) is 0 Å². The predicted octanol–water partition coefficient (Wildman–Crippen LogP) is 4.52. The zero-order valence-electron chi connectivity index (χ0n) is 16.0. The van der Waals surface area contributed by atoms with E-state index >= 15 is 0 Å². The van der Waals surface area contributed by atoms with Crippen molar-refractivity contribution in [2.45, 2.75) is 93.2 Å². The average molecular weight is 408 g/mol. The highest BCUT2D eigenvalue weighted by Gasteiger charge is 2.60. The van der Waals surface area contributed by atoms with Gasteiger partial charge in [-0.15, -0.1) is 0 Å². The maximum atomic E-state index is 12.9. The predicted molar refractivity (Wildman–Crippen MR) is 102 cm³/mol. The molecule has 150 valence electrons. The van der Waals surface area contributed by atoms with Crippen LogP contribution in [0.15, 0.2) is 0 Å². The van der Waals surface area contributed by atoms with Gasteiger partial charge in [0.05, 0.1) is 34.1 Å². The number of nitrogens with zero attached hydrogens (tertiary/aromatic N) is 1. The van der Waals surface area contributed by atoms with Gasteiger partial charge in [-0.1, -0.05) is 13.1 Å². The topological polar surface area (TPSA) is 42.2 Å². The molecule has 0 spiro atoms. The molecule has 2 fully saturated rings. The number of rotatable bonds is 7. The molecule has 2 aliphatic heterocycles. The zero-order chi connectivity index (χ0) is 19.3. The molecule has 0 bridgehead atoms. The summed E-state index contributed by atoms with van der Waals surface area (Å²) in [6, 6.07) is 3.31. The monoisotopic (exact) mass is 407 g/mol. The van der Waals surface area contributed by atoms with E-state index in [1.165, 1.54) is 0 Å². The first-order valence-electron chi connectivity index (χ1n) is 9.99. The Balaban J connectivity index is 2.34. The minimum absolute atomic E-state index is 0.216. The van der Waals surface area contributed by atoms with Gasteiger partial charge in [0.25, 0.3) is 0 Å². The SMILES string of the molecule is C[SiH](CCC#N)C1(C2([SiH](C)CCC(F)(F)F)CCCCO2)CCCCO1. The molecule has 0 saturated carbocycles. The molecule has 0 radical (unpaired) electrons. The Morgan fingerprint density at radius 1 is 0.923 bits per heavy atom. The van der Waals surface area contributed by atoms with E-state index in [-0.39, 0.29) is 11.3 Å². The van der Waals surface area contributed by atoms with Gasteiger partial charge in [0.15, 0.2) is 0 Å². The summed E-state index contributed by atoms with van der Waals surface area (Å²) in [6.45, 7) is 5.61. The van der Waals surface area contributed by atoms with Crippen LogP contribution in [-0.2, 0) is 9.47 Å². The highest BCUT2D eigenvalue weighted by molar-refractivity contribution is 6.68. The number of ether oxygens (including phenoxy) is 2. The van der Waals surface area contributed by atoms with Crippen molar-refractivity contribution < 1.29 is 22.6 Å². The van der Waals surface area contributed by atoms with Crippen LogP contribution in [0.3, 0.4) is 0 Å². The van der Waals surface area contributed by atoms with Gasteiger partial charge >= 0.3 is 6.18 Å². The molecule has 2 rings (SSSR count). The molecule has 0 N–H and O–H groups in total. The van der Waals surface area contributed by atoms with E-state index in [4.69, 9.17) is 14.7 Å². The third-order valence-electron chi connectivity index (χ3n) is 6.46. The van der Waals surface area contributed by atoms with Crippen LogP contribution in [0.2, 0.25) is 25.2 Å². The molecule has 4 unspecified atom stereocenters. The molecule has 8 heteroatoms. The molecule has 3 nitrogen and oxygen atoms in total. The van der Waals surface area contributed by atoms with Crippen molar-refractivity contribution in [3.05, 3.63) is 0 Å². The van der Waals surface area contributed by atoms with Crippen LogP contribution in [0.4, 0.5) is 13.2 Å². The third kappa shape index (κ3) is 4.72. The van der Waals surface area contributed by atoms with E-state index in [0.29, 0.717) is 19.6 Å². The lowest BCUT2D eigenvalue weighted by molar-refractivity contribution is -0.166. The number of hydrogen-bond donors (Lipinski definition) is 0. The van der Waals surface area contributed by atoms with Gasteiger partial charge < -0.3 is 9.47 Å². The van der Waals surface area contributed by atoms with Crippen LogP contribution in [0.5, 0.6) is 0 Å².